The van der Waals surface area contributed by atoms with Gasteiger partial charge in [-0.3, -0.25) is 0 Å². The average Bonchev–Trinajstić information content (AvgIpc) is 3.02. The van der Waals surface area contributed by atoms with Crippen molar-refractivity contribution < 1.29 is 0 Å². The summed E-state index contributed by atoms with van der Waals surface area (Å²) in [5.74, 6) is 1.52. The molecule has 110 valence electrons. The van der Waals surface area contributed by atoms with Crippen LogP contribution >= 0.6 is 34.5 Å². The highest BCUT2D eigenvalue weighted by Crippen LogP contribution is 2.29. The van der Waals surface area contributed by atoms with Crippen molar-refractivity contribution >= 4 is 45.6 Å². The number of nitrogens with zero attached hydrogens (tertiary/aromatic N) is 3. The van der Waals surface area contributed by atoms with Crippen molar-refractivity contribution in [3.63, 3.8) is 0 Å². The molecule has 0 saturated carbocycles. The molecule has 2 heterocycles. The fraction of sp³-hybridized carbons (Fsp3) is 0.333. The Hall–Kier alpha value is -1.10. The number of hydrogen-bond acceptors (Lipinski definition) is 3. The van der Waals surface area contributed by atoms with E-state index in [-0.39, 0.29) is 6.04 Å². The molecule has 21 heavy (non-hydrogen) atoms. The van der Waals surface area contributed by atoms with Crippen LogP contribution in [-0.4, -0.2) is 20.4 Å². The second-order valence-electron chi connectivity index (χ2n) is 4.97. The smallest absolute Gasteiger partial charge is 0.116 e. The summed E-state index contributed by atoms with van der Waals surface area (Å²) in [6.45, 7) is 4.15. The third-order valence-corrected chi connectivity index (χ3v) is 4.98. The highest BCUT2D eigenvalue weighted by atomic mass is 35.5. The average molecular weight is 340 g/mol. The summed E-state index contributed by atoms with van der Waals surface area (Å²) in [5.41, 5.74) is 3.02. The van der Waals surface area contributed by atoms with Crippen LogP contribution in [0.25, 0.3) is 11.0 Å². The minimum atomic E-state index is 0.116. The number of rotatable bonds is 4. The van der Waals surface area contributed by atoms with Gasteiger partial charge in [0.25, 0.3) is 0 Å². The van der Waals surface area contributed by atoms with E-state index in [1.54, 1.807) is 11.3 Å². The second-order valence-corrected chi connectivity index (χ2v) is 6.68. The standard InChI is InChI=1S/C15H15Cl2N3S/c1-9-8-21-15(18-9)10(2)20-13-7-11(17)3-4-12(13)19-14(20)5-6-16/h3-4,7-8,10H,5-6H2,1-2H3. The topological polar surface area (TPSA) is 30.7 Å². The fourth-order valence-corrected chi connectivity index (χ4v) is 3.66. The van der Waals surface area contributed by atoms with Crippen molar-refractivity contribution in [2.24, 2.45) is 0 Å². The maximum absolute atomic E-state index is 6.15. The molecule has 0 aliphatic rings. The zero-order valence-corrected chi connectivity index (χ0v) is 14.1. The van der Waals surface area contributed by atoms with E-state index in [2.05, 4.69) is 21.9 Å². The summed E-state index contributed by atoms with van der Waals surface area (Å²) in [5, 5.41) is 3.85. The summed E-state index contributed by atoms with van der Waals surface area (Å²) >= 11 is 13.8. The number of aromatic nitrogens is 3. The number of aryl methyl sites for hydroxylation is 2. The molecule has 0 N–H and O–H groups in total. The van der Waals surface area contributed by atoms with Crippen LogP contribution in [0.2, 0.25) is 5.02 Å². The molecule has 1 unspecified atom stereocenters. The second kappa shape index (κ2) is 5.95. The van der Waals surface area contributed by atoms with Gasteiger partial charge in [0.2, 0.25) is 0 Å². The third kappa shape index (κ3) is 2.80. The van der Waals surface area contributed by atoms with Crippen molar-refractivity contribution in [2.45, 2.75) is 26.3 Å². The summed E-state index contributed by atoms with van der Waals surface area (Å²) in [6, 6.07) is 5.89. The molecule has 3 aromatic rings. The third-order valence-electron chi connectivity index (χ3n) is 3.42. The fourth-order valence-electron chi connectivity index (χ4n) is 2.48. The van der Waals surface area contributed by atoms with Crippen LogP contribution in [0.4, 0.5) is 0 Å². The Bertz CT molecular complexity index is 778. The van der Waals surface area contributed by atoms with Gasteiger partial charge >= 0.3 is 0 Å². The first-order chi connectivity index (χ1) is 10.1. The number of imidazole rings is 1. The van der Waals surface area contributed by atoms with E-state index in [0.29, 0.717) is 10.9 Å². The Kier molecular flexibility index (Phi) is 4.20. The predicted molar refractivity (Wildman–Crippen MR) is 89.8 cm³/mol. The van der Waals surface area contributed by atoms with Gasteiger partial charge in [-0.1, -0.05) is 11.6 Å². The number of thiazole rings is 1. The molecule has 6 heteroatoms. The van der Waals surface area contributed by atoms with Crippen LogP contribution in [0.3, 0.4) is 0 Å². The normalized spacial score (nSPS) is 13.0. The van der Waals surface area contributed by atoms with E-state index >= 15 is 0 Å². The lowest BCUT2D eigenvalue weighted by Crippen LogP contribution is -2.11. The highest BCUT2D eigenvalue weighted by molar-refractivity contribution is 7.09. The van der Waals surface area contributed by atoms with E-state index in [1.165, 1.54) is 0 Å². The summed E-state index contributed by atoms with van der Waals surface area (Å²) in [4.78, 5) is 9.29. The lowest BCUT2D eigenvalue weighted by Gasteiger charge is -2.15. The Balaban J connectivity index is 2.18. The first-order valence-corrected chi connectivity index (χ1v) is 8.53. The van der Waals surface area contributed by atoms with E-state index < -0.39 is 0 Å². The van der Waals surface area contributed by atoms with Gasteiger partial charge in [0.1, 0.15) is 10.8 Å². The molecule has 0 radical (unpaired) electrons. The maximum Gasteiger partial charge on any atom is 0.116 e. The van der Waals surface area contributed by atoms with Crippen LogP contribution in [0.5, 0.6) is 0 Å². The molecule has 0 spiro atoms. The molecule has 2 aromatic heterocycles. The van der Waals surface area contributed by atoms with Gasteiger partial charge in [0.15, 0.2) is 0 Å². The molecular formula is C15H15Cl2N3S. The highest BCUT2D eigenvalue weighted by Gasteiger charge is 2.19. The molecular weight excluding hydrogens is 325 g/mol. The largest absolute Gasteiger partial charge is 0.318 e. The lowest BCUT2D eigenvalue weighted by atomic mass is 10.2. The van der Waals surface area contributed by atoms with Crippen LogP contribution in [0, 0.1) is 6.92 Å². The molecule has 1 aromatic carbocycles. The predicted octanol–water partition coefficient (Wildman–Crippen LogP) is 4.85. The molecule has 1 atom stereocenters. The van der Waals surface area contributed by atoms with Gasteiger partial charge in [-0.15, -0.1) is 22.9 Å². The first kappa shape index (κ1) is 14.8. The Morgan fingerprint density at radius 3 is 2.81 bits per heavy atom. The van der Waals surface area contributed by atoms with Crippen molar-refractivity contribution in [2.75, 3.05) is 5.88 Å². The number of benzene rings is 1. The number of fused-ring (bicyclic) bond motifs is 1. The molecule has 3 rings (SSSR count). The zero-order valence-electron chi connectivity index (χ0n) is 11.8. The Morgan fingerprint density at radius 2 is 2.14 bits per heavy atom. The van der Waals surface area contributed by atoms with Crippen LogP contribution in [-0.2, 0) is 6.42 Å². The van der Waals surface area contributed by atoms with Gasteiger partial charge in [0, 0.05) is 28.4 Å². The molecule has 0 aliphatic carbocycles. The molecule has 0 saturated heterocycles. The van der Waals surface area contributed by atoms with Gasteiger partial charge in [-0.2, -0.15) is 0 Å². The van der Waals surface area contributed by atoms with E-state index in [0.717, 1.165) is 34.0 Å². The monoisotopic (exact) mass is 339 g/mol. The summed E-state index contributed by atoms with van der Waals surface area (Å²) in [6.07, 6.45) is 0.725. The quantitative estimate of drug-likeness (QED) is 0.636. The molecule has 0 aliphatic heterocycles. The summed E-state index contributed by atoms with van der Waals surface area (Å²) in [7, 11) is 0. The number of alkyl halides is 1. The number of hydrogen-bond donors (Lipinski definition) is 0. The van der Waals surface area contributed by atoms with Crippen molar-refractivity contribution in [3.8, 4) is 0 Å². The zero-order chi connectivity index (χ0) is 15.0. The van der Waals surface area contributed by atoms with Gasteiger partial charge in [-0.25, -0.2) is 9.97 Å². The first-order valence-electron chi connectivity index (χ1n) is 6.74. The van der Waals surface area contributed by atoms with Crippen LogP contribution < -0.4 is 0 Å². The lowest BCUT2D eigenvalue weighted by molar-refractivity contribution is 0.619. The summed E-state index contributed by atoms with van der Waals surface area (Å²) < 4.78 is 2.20. The Morgan fingerprint density at radius 1 is 1.33 bits per heavy atom. The minimum Gasteiger partial charge on any atom is -0.318 e. The van der Waals surface area contributed by atoms with Crippen molar-refractivity contribution in [1.82, 2.24) is 14.5 Å². The van der Waals surface area contributed by atoms with Crippen molar-refractivity contribution in [1.29, 1.82) is 0 Å². The molecule has 0 bridgehead atoms. The Labute approximate surface area is 137 Å². The van der Waals surface area contributed by atoms with Crippen LogP contribution in [0.15, 0.2) is 23.6 Å². The van der Waals surface area contributed by atoms with E-state index in [1.807, 2.05) is 25.1 Å². The van der Waals surface area contributed by atoms with Crippen molar-refractivity contribution in [3.05, 3.63) is 45.1 Å². The van der Waals surface area contributed by atoms with Gasteiger partial charge < -0.3 is 4.57 Å². The molecule has 0 amide bonds. The van der Waals surface area contributed by atoms with E-state index in [9.17, 15) is 0 Å². The molecule has 0 fully saturated rings. The van der Waals surface area contributed by atoms with Crippen LogP contribution in [0.1, 0.15) is 29.5 Å². The van der Waals surface area contributed by atoms with E-state index in [4.69, 9.17) is 28.2 Å². The number of halogens is 2. The van der Waals surface area contributed by atoms with Gasteiger partial charge in [-0.05, 0) is 32.0 Å². The minimum absolute atomic E-state index is 0.116. The molecule has 3 nitrogen and oxygen atoms in total. The van der Waals surface area contributed by atoms with Gasteiger partial charge in [0.05, 0.1) is 17.1 Å². The SMILES string of the molecule is Cc1csc(C(C)n2c(CCCl)nc3ccc(Cl)cc32)n1. The maximum atomic E-state index is 6.15.